The van der Waals surface area contributed by atoms with Crippen molar-refractivity contribution in [3.63, 3.8) is 0 Å². The summed E-state index contributed by atoms with van der Waals surface area (Å²) in [6.07, 6.45) is -1.08. The van der Waals surface area contributed by atoms with Crippen LogP contribution in [0.4, 0.5) is 4.39 Å². The summed E-state index contributed by atoms with van der Waals surface area (Å²) in [6.45, 7) is 3.52. The molecule has 0 fully saturated rings. The highest BCUT2D eigenvalue weighted by molar-refractivity contribution is 6.31. The van der Waals surface area contributed by atoms with Gasteiger partial charge in [0.25, 0.3) is 5.91 Å². The van der Waals surface area contributed by atoms with Crippen molar-refractivity contribution in [2.45, 2.75) is 20.0 Å². The zero-order valence-corrected chi connectivity index (χ0v) is 14.4. The fraction of sp³-hybridized carbons (Fsp3) is 0.222. The van der Waals surface area contributed by atoms with Gasteiger partial charge in [-0.1, -0.05) is 17.7 Å². The molecular weight excluding hydrogens is 349 g/mol. The number of carboxylic acid groups (broad SMARTS) is 1. The monoisotopic (exact) mass is 365 g/mol. The van der Waals surface area contributed by atoms with E-state index in [1.807, 2.05) is 0 Å². The molecule has 0 spiro atoms. The lowest BCUT2D eigenvalue weighted by molar-refractivity contribution is -0.144. The Kier molecular flexibility index (Phi) is 5.98. The van der Waals surface area contributed by atoms with Crippen molar-refractivity contribution in [3.8, 4) is 16.9 Å². The molecule has 0 heterocycles. The molecule has 1 atom stereocenters. The molecule has 132 valence electrons. The molecule has 7 heteroatoms. The predicted octanol–water partition coefficient (Wildman–Crippen LogP) is 3.75. The van der Waals surface area contributed by atoms with E-state index >= 15 is 0 Å². The molecule has 0 aliphatic carbocycles. The summed E-state index contributed by atoms with van der Waals surface area (Å²) >= 11 is 6.00. The Morgan fingerprint density at radius 1 is 1.28 bits per heavy atom. The minimum atomic E-state index is -1.13. The molecule has 0 aromatic heterocycles. The quantitative estimate of drug-likeness (QED) is 0.817. The Bertz CT molecular complexity index is 810. The summed E-state index contributed by atoms with van der Waals surface area (Å²) in [5, 5.41) is 11.9. The number of amides is 1. The molecule has 0 aliphatic heterocycles. The Morgan fingerprint density at radius 3 is 2.60 bits per heavy atom. The Morgan fingerprint density at radius 2 is 2.00 bits per heavy atom. The van der Waals surface area contributed by atoms with E-state index in [4.69, 9.17) is 21.4 Å². The molecule has 2 rings (SSSR count). The number of nitrogens with one attached hydrogen (secondary N) is 1. The van der Waals surface area contributed by atoms with Crippen LogP contribution in [0.25, 0.3) is 11.1 Å². The third-order valence-electron chi connectivity index (χ3n) is 3.46. The minimum absolute atomic E-state index is 0.0750. The number of carboxylic acids is 1. The first-order chi connectivity index (χ1) is 11.8. The van der Waals surface area contributed by atoms with Crippen molar-refractivity contribution < 1.29 is 23.8 Å². The molecule has 1 amide bonds. The minimum Gasteiger partial charge on any atom is -0.479 e. The van der Waals surface area contributed by atoms with E-state index in [2.05, 4.69) is 5.32 Å². The summed E-state index contributed by atoms with van der Waals surface area (Å²) in [5.74, 6) is -2.07. The van der Waals surface area contributed by atoms with Crippen molar-refractivity contribution in [3.05, 3.63) is 52.8 Å². The molecule has 2 aromatic carbocycles. The van der Waals surface area contributed by atoms with E-state index in [1.54, 1.807) is 25.1 Å². The van der Waals surface area contributed by atoms with Crippen LogP contribution >= 0.6 is 11.6 Å². The number of rotatable bonds is 6. The lowest BCUT2D eigenvalue weighted by Gasteiger charge is -2.15. The largest absolute Gasteiger partial charge is 0.479 e. The Hall–Kier alpha value is -2.60. The highest BCUT2D eigenvalue weighted by Gasteiger charge is 2.18. The normalized spacial score (nSPS) is 11.7. The van der Waals surface area contributed by atoms with Gasteiger partial charge < -0.3 is 15.2 Å². The van der Waals surface area contributed by atoms with Gasteiger partial charge in [0.05, 0.1) is 5.56 Å². The van der Waals surface area contributed by atoms with Gasteiger partial charge in [-0.05, 0) is 49.7 Å². The summed E-state index contributed by atoms with van der Waals surface area (Å²) in [6, 6.07) is 8.72. The fourth-order valence-corrected chi connectivity index (χ4v) is 2.37. The number of carbonyl (C=O) groups is 2. The molecular formula is C18H17ClFNO4. The lowest BCUT2D eigenvalue weighted by Crippen LogP contribution is -2.23. The number of benzene rings is 2. The van der Waals surface area contributed by atoms with E-state index < -0.39 is 23.8 Å². The third-order valence-corrected chi connectivity index (χ3v) is 3.69. The van der Waals surface area contributed by atoms with Crippen LogP contribution in [0, 0.1) is 5.82 Å². The lowest BCUT2D eigenvalue weighted by atomic mass is 10.0. The smallest absolute Gasteiger partial charge is 0.344 e. The van der Waals surface area contributed by atoms with Crippen LogP contribution in [-0.2, 0) is 4.79 Å². The van der Waals surface area contributed by atoms with Crippen LogP contribution in [-0.4, -0.2) is 29.6 Å². The fourth-order valence-electron chi connectivity index (χ4n) is 2.19. The zero-order valence-electron chi connectivity index (χ0n) is 13.7. The van der Waals surface area contributed by atoms with Gasteiger partial charge in [0.15, 0.2) is 6.10 Å². The molecule has 5 nitrogen and oxygen atoms in total. The average molecular weight is 366 g/mol. The Balaban J connectivity index is 2.44. The number of halogens is 2. The maximum absolute atomic E-state index is 14.3. The summed E-state index contributed by atoms with van der Waals surface area (Å²) < 4.78 is 19.7. The van der Waals surface area contributed by atoms with Gasteiger partial charge in [-0.15, -0.1) is 0 Å². The van der Waals surface area contributed by atoms with Gasteiger partial charge >= 0.3 is 5.97 Å². The Labute approximate surface area is 149 Å². The highest BCUT2D eigenvalue weighted by atomic mass is 35.5. The SMILES string of the molecule is CCNC(=O)c1ccc(-c2cc(Cl)ccc2O[C@@H](C)C(=O)O)cc1F. The van der Waals surface area contributed by atoms with Crippen molar-refractivity contribution in [1.82, 2.24) is 5.32 Å². The predicted molar refractivity (Wildman–Crippen MR) is 92.6 cm³/mol. The molecule has 0 bridgehead atoms. The standard InChI is InChI=1S/C18H17ClFNO4/c1-3-21-17(22)13-6-4-11(8-15(13)20)14-9-12(19)5-7-16(14)25-10(2)18(23)24/h4-10H,3H2,1-2H3,(H,21,22)(H,23,24)/t10-/m0/s1. The highest BCUT2D eigenvalue weighted by Crippen LogP contribution is 2.34. The van der Waals surface area contributed by atoms with Crippen molar-refractivity contribution in [1.29, 1.82) is 0 Å². The van der Waals surface area contributed by atoms with Crippen LogP contribution in [0.3, 0.4) is 0 Å². The zero-order chi connectivity index (χ0) is 18.6. The van der Waals surface area contributed by atoms with Crippen LogP contribution < -0.4 is 10.1 Å². The van der Waals surface area contributed by atoms with E-state index in [0.717, 1.165) is 0 Å². The van der Waals surface area contributed by atoms with Gasteiger partial charge in [-0.25, -0.2) is 9.18 Å². The van der Waals surface area contributed by atoms with Crippen LogP contribution in [0.5, 0.6) is 5.75 Å². The van der Waals surface area contributed by atoms with E-state index in [1.165, 1.54) is 25.1 Å². The summed E-state index contributed by atoms with van der Waals surface area (Å²) in [5.41, 5.74) is 0.775. The third kappa shape index (κ3) is 4.48. The first-order valence-electron chi connectivity index (χ1n) is 7.60. The molecule has 2 N–H and O–H groups in total. The second-order valence-electron chi connectivity index (χ2n) is 5.29. The topological polar surface area (TPSA) is 75.6 Å². The number of hydrogen-bond donors (Lipinski definition) is 2. The van der Waals surface area contributed by atoms with Gasteiger partial charge in [0, 0.05) is 17.1 Å². The summed E-state index contributed by atoms with van der Waals surface area (Å²) in [7, 11) is 0. The molecule has 25 heavy (non-hydrogen) atoms. The second-order valence-corrected chi connectivity index (χ2v) is 5.73. The van der Waals surface area contributed by atoms with Crippen LogP contribution in [0.15, 0.2) is 36.4 Å². The number of hydrogen-bond acceptors (Lipinski definition) is 3. The van der Waals surface area contributed by atoms with Gasteiger partial charge in [0.2, 0.25) is 0 Å². The molecule has 0 unspecified atom stereocenters. The average Bonchev–Trinajstić information content (AvgIpc) is 2.56. The second kappa shape index (κ2) is 7.98. The van der Waals surface area contributed by atoms with E-state index in [0.29, 0.717) is 22.7 Å². The van der Waals surface area contributed by atoms with Crippen LogP contribution in [0.2, 0.25) is 5.02 Å². The number of aliphatic carboxylic acids is 1. The number of carbonyl (C=O) groups excluding carboxylic acids is 1. The molecule has 0 saturated carbocycles. The summed E-state index contributed by atoms with van der Waals surface area (Å²) in [4.78, 5) is 22.8. The van der Waals surface area contributed by atoms with E-state index in [9.17, 15) is 14.0 Å². The van der Waals surface area contributed by atoms with Crippen LogP contribution in [0.1, 0.15) is 24.2 Å². The molecule has 2 aromatic rings. The molecule has 0 radical (unpaired) electrons. The van der Waals surface area contributed by atoms with Crippen molar-refractivity contribution >= 4 is 23.5 Å². The maximum Gasteiger partial charge on any atom is 0.344 e. The first-order valence-corrected chi connectivity index (χ1v) is 7.98. The first kappa shape index (κ1) is 18.7. The van der Waals surface area contributed by atoms with Crippen molar-refractivity contribution in [2.24, 2.45) is 0 Å². The van der Waals surface area contributed by atoms with Gasteiger partial charge in [-0.3, -0.25) is 4.79 Å². The molecule has 0 saturated heterocycles. The van der Waals surface area contributed by atoms with Crippen molar-refractivity contribution in [2.75, 3.05) is 6.54 Å². The van der Waals surface area contributed by atoms with Gasteiger partial charge in [0.1, 0.15) is 11.6 Å². The van der Waals surface area contributed by atoms with E-state index in [-0.39, 0.29) is 11.3 Å². The number of ether oxygens (including phenoxy) is 1. The van der Waals surface area contributed by atoms with Gasteiger partial charge in [-0.2, -0.15) is 0 Å². The maximum atomic E-state index is 14.3. The molecule has 0 aliphatic rings.